The maximum absolute atomic E-state index is 13.1. The van der Waals surface area contributed by atoms with E-state index in [0.717, 1.165) is 50.2 Å². The molecule has 24 heavy (non-hydrogen) atoms. The predicted molar refractivity (Wildman–Crippen MR) is 99.1 cm³/mol. The molecule has 2 aliphatic rings. The van der Waals surface area contributed by atoms with Crippen molar-refractivity contribution in [3.05, 3.63) is 63.4 Å². The molecular weight excluding hydrogens is 340 g/mol. The number of nitrogens with zero attached hydrogens (tertiary/aromatic N) is 3. The van der Waals surface area contributed by atoms with Crippen LogP contribution in [0.3, 0.4) is 0 Å². The lowest BCUT2D eigenvalue weighted by molar-refractivity contribution is 0.693. The van der Waals surface area contributed by atoms with E-state index in [9.17, 15) is 4.21 Å². The van der Waals surface area contributed by atoms with Crippen LogP contribution in [0.2, 0.25) is 0 Å². The zero-order valence-corrected chi connectivity index (χ0v) is 14.8. The van der Waals surface area contributed by atoms with Gasteiger partial charge in [0.1, 0.15) is 0 Å². The van der Waals surface area contributed by atoms with E-state index in [1.807, 2.05) is 24.6 Å². The lowest BCUT2D eigenvalue weighted by Crippen LogP contribution is -2.15. The van der Waals surface area contributed by atoms with Gasteiger partial charge in [-0.3, -0.25) is 15.1 Å². The van der Waals surface area contributed by atoms with Crippen LogP contribution in [0.1, 0.15) is 17.7 Å². The molecule has 0 bridgehead atoms. The second-order valence-corrected chi connectivity index (χ2v) is 7.96. The largest absolute Gasteiger partial charge is 0.288 e. The van der Waals surface area contributed by atoms with E-state index >= 15 is 0 Å². The zero-order valence-electron chi connectivity index (χ0n) is 13.2. The molecule has 1 N–H and O–H groups in total. The molecule has 0 radical (unpaired) electrons. The molecule has 0 aliphatic carbocycles. The Kier molecular flexibility index (Phi) is 4.20. The van der Waals surface area contributed by atoms with Crippen molar-refractivity contribution >= 4 is 33.2 Å². The summed E-state index contributed by atoms with van der Waals surface area (Å²) < 4.78 is 14.0. The molecule has 0 saturated heterocycles. The number of nitrogens with one attached hydrogen (secondary N) is 1. The number of allylic oxidation sites excluding steroid dienone is 1. The van der Waals surface area contributed by atoms with Gasteiger partial charge in [0.2, 0.25) is 0 Å². The first-order valence-electron chi connectivity index (χ1n) is 7.65. The average molecular weight is 356 g/mol. The first-order valence-corrected chi connectivity index (χ1v) is 10.0. The summed E-state index contributed by atoms with van der Waals surface area (Å²) in [5, 5.41) is 6.98. The first kappa shape index (κ1) is 15.5. The summed E-state index contributed by atoms with van der Waals surface area (Å²) in [5.41, 5.74) is 5.19. The Hall–Kier alpha value is -1.99. The first-order chi connectivity index (χ1) is 11.8. The second kappa shape index (κ2) is 6.49. The maximum Gasteiger partial charge on any atom is 0.0946 e. The molecule has 7 heteroatoms. The van der Waals surface area contributed by atoms with Crippen LogP contribution in [0, 0.1) is 0 Å². The number of hydrogen-bond donors (Lipinski definition) is 1. The van der Waals surface area contributed by atoms with E-state index in [2.05, 4.69) is 21.2 Å². The van der Waals surface area contributed by atoms with Gasteiger partial charge in [-0.1, -0.05) is 6.07 Å². The van der Waals surface area contributed by atoms with E-state index in [1.165, 1.54) is 0 Å². The van der Waals surface area contributed by atoms with E-state index < -0.39 is 10.8 Å². The Morgan fingerprint density at radius 2 is 2.25 bits per heavy atom. The van der Waals surface area contributed by atoms with Gasteiger partial charge in [0.15, 0.2) is 0 Å². The highest BCUT2D eigenvalue weighted by Gasteiger charge is 2.36. The summed E-state index contributed by atoms with van der Waals surface area (Å²) >= 11 is 1.55. The molecule has 122 valence electrons. The van der Waals surface area contributed by atoms with Crippen molar-refractivity contribution in [3.63, 3.8) is 0 Å². The molecule has 0 saturated carbocycles. The summed E-state index contributed by atoms with van der Waals surface area (Å²) in [6.07, 6.45) is 8.83. The van der Waals surface area contributed by atoms with Crippen LogP contribution in [-0.2, 0) is 17.2 Å². The molecule has 1 atom stereocenters. The Balaban J connectivity index is 1.80. The molecule has 1 unspecified atom stereocenters. The number of aromatic amines is 1. The molecule has 2 aromatic rings. The van der Waals surface area contributed by atoms with Gasteiger partial charge in [-0.2, -0.15) is 5.10 Å². The van der Waals surface area contributed by atoms with Gasteiger partial charge in [0.05, 0.1) is 25.6 Å². The molecule has 2 aliphatic heterocycles. The molecule has 0 amide bonds. The van der Waals surface area contributed by atoms with Crippen LogP contribution in [0.25, 0.3) is 4.91 Å². The van der Waals surface area contributed by atoms with Crippen molar-refractivity contribution in [1.82, 2.24) is 15.2 Å². The van der Waals surface area contributed by atoms with E-state index in [1.54, 1.807) is 24.2 Å². The highest BCUT2D eigenvalue weighted by Crippen LogP contribution is 2.45. The van der Waals surface area contributed by atoms with Gasteiger partial charge in [0.25, 0.3) is 0 Å². The van der Waals surface area contributed by atoms with Crippen LogP contribution in [0.4, 0.5) is 0 Å². The summed E-state index contributed by atoms with van der Waals surface area (Å²) in [5.74, 6) is 0. The predicted octanol–water partition coefficient (Wildman–Crippen LogP) is 2.94. The molecular formula is C17H16N4OS2. The van der Waals surface area contributed by atoms with Gasteiger partial charge in [-0.15, -0.1) is 11.8 Å². The molecule has 4 heterocycles. The van der Waals surface area contributed by atoms with Crippen molar-refractivity contribution in [2.75, 3.05) is 12.8 Å². The van der Waals surface area contributed by atoms with Crippen LogP contribution in [-0.4, -0.2) is 37.9 Å². The van der Waals surface area contributed by atoms with Gasteiger partial charge < -0.3 is 0 Å². The smallest absolute Gasteiger partial charge is 0.0946 e. The highest BCUT2D eigenvalue weighted by atomic mass is 32.2. The number of hydrogen-bond acceptors (Lipinski definition) is 5. The summed E-state index contributed by atoms with van der Waals surface area (Å²) in [6, 6.07) is 5.87. The zero-order chi connectivity index (χ0) is 16.5. The minimum absolute atomic E-state index is 0.712. The van der Waals surface area contributed by atoms with E-state index in [4.69, 9.17) is 4.99 Å². The fourth-order valence-electron chi connectivity index (χ4n) is 3.11. The summed E-state index contributed by atoms with van der Waals surface area (Å²) in [4.78, 5) is 9.79. The molecule has 2 aromatic heterocycles. The SMILES string of the molecule is CSC1=C2C(Cc3cccnc3)=NCCC2=C(c2ccn[nH]2)S1=O. The molecule has 4 rings (SSSR count). The third-order valence-electron chi connectivity index (χ3n) is 4.11. The normalized spacial score (nSPS) is 20.4. The minimum atomic E-state index is -1.17. The van der Waals surface area contributed by atoms with Crippen LogP contribution >= 0.6 is 11.8 Å². The van der Waals surface area contributed by atoms with Gasteiger partial charge in [-0.25, -0.2) is 4.21 Å². The Morgan fingerprint density at radius 1 is 1.33 bits per heavy atom. The average Bonchev–Trinajstić information content (AvgIpc) is 3.21. The van der Waals surface area contributed by atoms with Crippen LogP contribution < -0.4 is 0 Å². The molecule has 0 spiro atoms. The summed E-state index contributed by atoms with van der Waals surface area (Å²) in [7, 11) is -1.17. The quantitative estimate of drug-likeness (QED) is 0.914. The Morgan fingerprint density at radius 3 is 2.96 bits per heavy atom. The number of aromatic nitrogens is 3. The van der Waals surface area contributed by atoms with Crippen molar-refractivity contribution in [2.24, 2.45) is 4.99 Å². The maximum atomic E-state index is 13.1. The third kappa shape index (κ3) is 2.57. The van der Waals surface area contributed by atoms with Crippen molar-refractivity contribution < 1.29 is 4.21 Å². The number of aliphatic imine (C=N–C) groups is 1. The number of fused-ring (bicyclic) bond motifs is 1. The minimum Gasteiger partial charge on any atom is -0.288 e. The summed E-state index contributed by atoms with van der Waals surface area (Å²) in [6.45, 7) is 0.727. The fraction of sp³-hybridized carbons (Fsp3) is 0.235. The number of rotatable bonds is 4. The number of thioether (sulfide) groups is 1. The van der Waals surface area contributed by atoms with Gasteiger partial charge in [-0.05, 0) is 35.9 Å². The van der Waals surface area contributed by atoms with Crippen LogP contribution in [0.5, 0.6) is 0 Å². The second-order valence-electron chi connectivity index (χ2n) is 5.53. The van der Waals surface area contributed by atoms with E-state index in [-0.39, 0.29) is 0 Å². The molecule has 0 aromatic carbocycles. The van der Waals surface area contributed by atoms with E-state index in [0.29, 0.717) is 6.42 Å². The Labute approximate surface area is 146 Å². The van der Waals surface area contributed by atoms with Crippen molar-refractivity contribution in [3.8, 4) is 0 Å². The van der Waals surface area contributed by atoms with Gasteiger partial charge >= 0.3 is 0 Å². The molecule has 5 nitrogen and oxygen atoms in total. The number of pyridine rings is 1. The lowest BCUT2D eigenvalue weighted by Gasteiger charge is -2.18. The number of H-pyrrole nitrogens is 1. The van der Waals surface area contributed by atoms with Gasteiger partial charge in [0, 0.05) is 42.8 Å². The highest BCUT2D eigenvalue weighted by molar-refractivity contribution is 8.19. The third-order valence-corrected chi connectivity index (χ3v) is 7.02. The molecule has 0 fully saturated rings. The lowest BCUT2D eigenvalue weighted by atomic mass is 9.92. The fourth-order valence-corrected chi connectivity index (χ4v) is 5.76. The van der Waals surface area contributed by atoms with Crippen molar-refractivity contribution in [1.29, 1.82) is 0 Å². The monoisotopic (exact) mass is 356 g/mol. The Bertz CT molecular complexity index is 883. The standard InChI is InChI=1S/C17H16N4OS2/c1-23-17-15-12(16(24(17)22)13-5-8-20-21-13)4-7-19-14(15)9-11-3-2-6-18-10-11/h2-3,5-6,8,10H,4,7,9H2,1H3,(H,20,21). The van der Waals surface area contributed by atoms with Crippen molar-refractivity contribution in [2.45, 2.75) is 12.8 Å². The topological polar surface area (TPSA) is 71.0 Å². The van der Waals surface area contributed by atoms with Crippen LogP contribution in [0.15, 0.2) is 57.2 Å².